The fourth-order valence-electron chi connectivity index (χ4n) is 3.84. The lowest BCUT2D eigenvalue weighted by atomic mass is 10.0. The quantitative estimate of drug-likeness (QED) is 0.607. The maximum Gasteiger partial charge on any atom is 0.182 e. The van der Waals surface area contributed by atoms with Gasteiger partial charge in [0, 0.05) is 12.6 Å². The Morgan fingerprint density at radius 1 is 1.04 bits per heavy atom. The lowest BCUT2D eigenvalue weighted by Crippen LogP contribution is -2.28. The number of fused-ring (bicyclic) bond motifs is 2. The predicted molar refractivity (Wildman–Crippen MR) is 105 cm³/mol. The lowest BCUT2D eigenvalue weighted by molar-refractivity contribution is 0.799. The molecule has 2 aromatic heterocycles. The fourth-order valence-corrected chi connectivity index (χ4v) is 3.84. The topological polar surface area (TPSA) is 57.7 Å². The van der Waals surface area contributed by atoms with Gasteiger partial charge in [0.2, 0.25) is 0 Å². The maximum absolute atomic E-state index is 4.53. The third-order valence-electron chi connectivity index (χ3n) is 5.10. The summed E-state index contributed by atoms with van der Waals surface area (Å²) in [5, 5.41) is 2.56. The van der Waals surface area contributed by atoms with E-state index in [0.717, 1.165) is 36.4 Å². The first kappa shape index (κ1) is 15.1. The first-order valence-electron chi connectivity index (χ1n) is 8.97. The average molecular weight is 341 g/mol. The van der Waals surface area contributed by atoms with E-state index in [1.807, 2.05) is 0 Å². The highest BCUT2D eigenvalue weighted by atomic mass is 15.2. The number of imidazole rings is 1. The number of H-pyrrole nitrogens is 1. The van der Waals surface area contributed by atoms with Gasteiger partial charge in [-0.1, -0.05) is 54.6 Å². The minimum atomic E-state index is 0.329. The van der Waals surface area contributed by atoms with Gasteiger partial charge < -0.3 is 9.88 Å². The maximum atomic E-state index is 4.53. The molecule has 4 aromatic rings. The molecule has 1 N–H and O–H groups in total. The van der Waals surface area contributed by atoms with Crippen LogP contribution in [0.5, 0.6) is 0 Å². The van der Waals surface area contributed by atoms with Crippen molar-refractivity contribution in [3.8, 4) is 0 Å². The molecule has 128 valence electrons. The van der Waals surface area contributed by atoms with Gasteiger partial charge in [-0.2, -0.15) is 0 Å². The van der Waals surface area contributed by atoms with Crippen molar-refractivity contribution >= 4 is 33.8 Å². The molecule has 2 aromatic carbocycles. The number of benzene rings is 2. The van der Waals surface area contributed by atoms with Crippen LogP contribution in [0.15, 0.2) is 61.2 Å². The Balaban J connectivity index is 1.49. The van der Waals surface area contributed by atoms with E-state index >= 15 is 0 Å². The van der Waals surface area contributed by atoms with Gasteiger partial charge in [0.1, 0.15) is 11.8 Å². The van der Waals surface area contributed by atoms with Crippen LogP contribution in [0, 0.1) is 0 Å². The number of anilines is 1. The van der Waals surface area contributed by atoms with Crippen LogP contribution in [0.3, 0.4) is 0 Å². The number of rotatable bonds is 3. The van der Waals surface area contributed by atoms with Gasteiger partial charge in [-0.3, -0.25) is 0 Å². The molecule has 0 aliphatic carbocycles. The normalized spacial score (nSPS) is 17.7. The number of nitrogens with one attached hydrogen (secondary N) is 1. The van der Waals surface area contributed by atoms with Crippen LogP contribution < -0.4 is 4.90 Å². The standard InChI is InChI=1S/C21H19N5/c1-2-9-18-15(5-1)6-3-7-16(18)10-11-17-8-4-12-26(17)21-19-20(23-13-22-19)24-14-25-21/h1-3,5-7,9-11,13-14,17H,4,8,12H2,(H,22,23,24,25)/b11-10+/t17-/m1/s1. The number of hydrogen-bond acceptors (Lipinski definition) is 4. The molecule has 0 saturated carbocycles. The number of hydrogen-bond donors (Lipinski definition) is 1. The summed E-state index contributed by atoms with van der Waals surface area (Å²) in [6.45, 7) is 0.996. The zero-order valence-corrected chi connectivity index (χ0v) is 14.3. The second-order valence-corrected chi connectivity index (χ2v) is 6.63. The summed E-state index contributed by atoms with van der Waals surface area (Å²) < 4.78 is 0. The Kier molecular flexibility index (Phi) is 3.63. The molecule has 1 saturated heterocycles. The molecule has 26 heavy (non-hydrogen) atoms. The Bertz CT molecular complexity index is 1090. The SMILES string of the molecule is C(=C\[C@H]1CCCN1c1ncnc2nc[nH]c12)/c1cccc2ccccc12. The van der Waals surface area contributed by atoms with Crippen molar-refractivity contribution in [2.75, 3.05) is 11.4 Å². The molecule has 0 amide bonds. The van der Waals surface area contributed by atoms with E-state index < -0.39 is 0 Å². The largest absolute Gasteiger partial charge is 0.348 e. The predicted octanol–water partition coefficient (Wildman–Crippen LogP) is 4.19. The summed E-state index contributed by atoms with van der Waals surface area (Å²) in [4.78, 5) is 18.5. The fraction of sp³-hybridized carbons (Fsp3) is 0.190. The minimum absolute atomic E-state index is 0.329. The van der Waals surface area contributed by atoms with Gasteiger partial charge in [-0.15, -0.1) is 0 Å². The molecule has 5 rings (SSSR count). The second kappa shape index (κ2) is 6.26. The van der Waals surface area contributed by atoms with Crippen molar-refractivity contribution in [2.45, 2.75) is 18.9 Å². The zero-order valence-electron chi connectivity index (χ0n) is 14.3. The van der Waals surface area contributed by atoms with E-state index in [1.165, 1.54) is 16.3 Å². The van der Waals surface area contributed by atoms with Crippen molar-refractivity contribution in [2.24, 2.45) is 0 Å². The number of nitrogens with zero attached hydrogens (tertiary/aromatic N) is 4. The Labute approximate surface area is 151 Å². The molecule has 3 heterocycles. The lowest BCUT2D eigenvalue weighted by Gasteiger charge is -2.23. The highest BCUT2D eigenvalue weighted by Gasteiger charge is 2.25. The van der Waals surface area contributed by atoms with Crippen molar-refractivity contribution in [1.82, 2.24) is 19.9 Å². The van der Waals surface area contributed by atoms with Crippen LogP contribution in [-0.2, 0) is 0 Å². The molecule has 0 bridgehead atoms. The molecule has 1 fully saturated rings. The third kappa shape index (κ3) is 2.52. The first-order chi connectivity index (χ1) is 12.9. The summed E-state index contributed by atoms with van der Waals surface area (Å²) in [5.41, 5.74) is 2.89. The molecule has 5 heteroatoms. The molecule has 1 aliphatic heterocycles. The summed E-state index contributed by atoms with van der Waals surface area (Å²) in [6, 6.07) is 15.3. The van der Waals surface area contributed by atoms with E-state index in [4.69, 9.17) is 0 Å². The summed E-state index contributed by atoms with van der Waals surface area (Å²) in [6.07, 6.45) is 10.1. The average Bonchev–Trinajstić information content (AvgIpc) is 3.35. The zero-order chi connectivity index (χ0) is 17.3. The van der Waals surface area contributed by atoms with Gasteiger partial charge in [-0.25, -0.2) is 15.0 Å². The summed E-state index contributed by atoms with van der Waals surface area (Å²) >= 11 is 0. The minimum Gasteiger partial charge on any atom is -0.348 e. The van der Waals surface area contributed by atoms with Crippen LogP contribution in [0.1, 0.15) is 18.4 Å². The molecule has 1 aliphatic rings. The number of aromatic nitrogens is 4. The second-order valence-electron chi connectivity index (χ2n) is 6.63. The highest BCUT2D eigenvalue weighted by molar-refractivity contribution is 5.90. The highest BCUT2D eigenvalue weighted by Crippen LogP contribution is 2.29. The van der Waals surface area contributed by atoms with E-state index in [-0.39, 0.29) is 0 Å². The van der Waals surface area contributed by atoms with Crippen molar-refractivity contribution in [1.29, 1.82) is 0 Å². The van der Waals surface area contributed by atoms with E-state index in [0.29, 0.717) is 6.04 Å². The van der Waals surface area contributed by atoms with Gasteiger partial charge >= 0.3 is 0 Å². The van der Waals surface area contributed by atoms with Crippen LogP contribution in [0.2, 0.25) is 0 Å². The van der Waals surface area contributed by atoms with E-state index in [1.54, 1.807) is 12.7 Å². The Hall–Kier alpha value is -3.21. The van der Waals surface area contributed by atoms with Gasteiger partial charge in [0.15, 0.2) is 11.5 Å². The first-order valence-corrected chi connectivity index (χ1v) is 8.97. The molecular weight excluding hydrogens is 322 g/mol. The van der Waals surface area contributed by atoms with Crippen LogP contribution in [0.25, 0.3) is 28.0 Å². The third-order valence-corrected chi connectivity index (χ3v) is 5.10. The smallest absolute Gasteiger partial charge is 0.182 e. The van der Waals surface area contributed by atoms with Crippen molar-refractivity contribution in [3.05, 3.63) is 66.8 Å². The molecule has 0 radical (unpaired) electrons. The van der Waals surface area contributed by atoms with Crippen LogP contribution in [0.4, 0.5) is 5.82 Å². The van der Waals surface area contributed by atoms with E-state index in [2.05, 4.69) is 79.5 Å². The number of aromatic amines is 1. The summed E-state index contributed by atoms with van der Waals surface area (Å²) in [7, 11) is 0. The molecule has 1 atom stereocenters. The monoisotopic (exact) mass is 341 g/mol. The molecular formula is C21H19N5. The molecule has 5 nitrogen and oxygen atoms in total. The van der Waals surface area contributed by atoms with Crippen molar-refractivity contribution < 1.29 is 0 Å². The Morgan fingerprint density at radius 2 is 1.96 bits per heavy atom. The van der Waals surface area contributed by atoms with Crippen LogP contribution in [-0.4, -0.2) is 32.5 Å². The van der Waals surface area contributed by atoms with Gasteiger partial charge in [0.05, 0.1) is 6.33 Å². The molecule has 0 unspecified atom stereocenters. The van der Waals surface area contributed by atoms with Crippen molar-refractivity contribution in [3.63, 3.8) is 0 Å². The molecule has 0 spiro atoms. The van der Waals surface area contributed by atoms with Gasteiger partial charge in [0.25, 0.3) is 0 Å². The summed E-state index contributed by atoms with van der Waals surface area (Å²) in [5.74, 6) is 0.942. The van der Waals surface area contributed by atoms with E-state index in [9.17, 15) is 0 Å². The van der Waals surface area contributed by atoms with Gasteiger partial charge in [-0.05, 0) is 29.2 Å². The van der Waals surface area contributed by atoms with Crippen LogP contribution >= 0.6 is 0 Å². The Morgan fingerprint density at radius 3 is 2.96 bits per heavy atom.